The van der Waals surface area contributed by atoms with Crippen molar-refractivity contribution in [2.75, 3.05) is 0 Å². The van der Waals surface area contributed by atoms with Gasteiger partial charge >= 0.3 is 0 Å². The van der Waals surface area contributed by atoms with Gasteiger partial charge in [0, 0.05) is 11.9 Å². The Hall–Kier alpha value is -1.75. The van der Waals surface area contributed by atoms with Crippen molar-refractivity contribution in [3.63, 3.8) is 0 Å². The highest BCUT2D eigenvalue weighted by molar-refractivity contribution is 7.80. The molecule has 0 atom stereocenters. The highest BCUT2D eigenvalue weighted by Gasteiger charge is 2.02. The number of nitrogens with two attached hydrogens (primary N) is 1. The first-order chi connectivity index (χ1) is 8.68. The van der Waals surface area contributed by atoms with Crippen LogP contribution in [0.2, 0.25) is 0 Å². The Morgan fingerprint density at radius 2 is 2.11 bits per heavy atom. The fourth-order valence-electron chi connectivity index (χ4n) is 1.85. The minimum atomic E-state index is -0.0385. The number of thiocarbonyl (C=S) groups is 1. The van der Waals surface area contributed by atoms with E-state index in [1.54, 1.807) is 6.20 Å². The third-order valence-corrected chi connectivity index (χ3v) is 3.01. The van der Waals surface area contributed by atoms with Crippen LogP contribution in [0, 0.1) is 0 Å². The molecule has 18 heavy (non-hydrogen) atoms. The number of fused-ring (bicyclic) bond motifs is 1. The minimum Gasteiger partial charge on any atom is -0.393 e. The number of hydrogen-bond donors (Lipinski definition) is 1. The summed E-state index contributed by atoms with van der Waals surface area (Å²) in [6.45, 7) is 0.603. The molecule has 0 unspecified atom stereocenters. The monoisotopic (exact) mass is 261 g/mol. The molecule has 0 radical (unpaired) electrons. The molecule has 1 heterocycles. The zero-order chi connectivity index (χ0) is 13.0. The molecule has 0 saturated heterocycles. The second-order valence-electron chi connectivity index (χ2n) is 4.18. The van der Waals surface area contributed by atoms with Gasteiger partial charge in [-0.2, -0.15) is 5.10 Å². The van der Waals surface area contributed by atoms with Crippen LogP contribution in [0.5, 0.6) is 0 Å². The Morgan fingerprint density at radius 3 is 2.89 bits per heavy atom. The standard InChI is InChI=1S/C13H15N3OS/c14-12(18)7-3-4-8-16-13(17)11-6-2-1-5-10(11)9-15-16/h1-2,5-6,9H,3-4,7-8H2,(H2,14,18). The van der Waals surface area contributed by atoms with Crippen molar-refractivity contribution >= 4 is 28.0 Å². The molecule has 0 saturated carbocycles. The maximum Gasteiger partial charge on any atom is 0.274 e. The zero-order valence-electron chi connectivity index (χ0n) is 10.0. The number of aromatic nitrogens is 2. The maximum atomic E-state index is 12.1. The Kier molecular flexibility index (Phi) is 4.04. The van der Waals surface area contributed by atoms with Crippen molar-refractivity contribution in [1.29, 1.82) is 0 Å². The molecule has 0 aliphatic heterocycles. The van der Waals surface area contributed by atoms with Gasteiger partial charge in [-0.25, -0.2) is 4.68 Å². The molecule has 5 heteroatoms. The van der Waals surface area contributed by atoms with Crippen molar-refractivity contribution in [3.05, 3.63) is 40.8 Å². The van der Waals surface area contributed by atoms with Crippen LogP contribution in [-0.4, -0.2) is 14.8 Å². The molecule has 2 rings (SSSR count). The van der Waals surface area contributed by atoms with Gasteiger partial charge in [-0.1, -0.05) is 30.4 Å². The first-order valence-corrected chi connectivity index (χ1v) is 6.32. The lowest BCUT2D eigenvalue weighted by atomic mass is 10.2. The third-order valence-electron chi connectivity index (χ3n) is 2.80. The first kappa shape index (κ1) is 12.7. The quantitative estimate of drug-likeness (QED) is 0.659. The van der Waals surface area contributed by atoms with Crippen LogP contribution < -0.4 is 11.3 Å². The molecule has 1 aromatic heterocycles. The summed E-state index contributed by atoms with van der Waals surface area (Å²) in [5.74, 6) is 0. The number of aryl methyl sites for hydroxylation is 1. The second kappa shape index (κ2) is 5.73. The van der Waals surface area contributed by atoms with Crippen molar-refractivity contribution in [3.8, 4) is 0 Å². The summed E-state index contributed by atoms with van der Waals surface area (Å²) in [5, 5.41) is 5.75. The van der Waals surface area contributed by atoms with Crippen molar-refractivity contribution in [2.45, 2.75) is 25.8 Å². The molecule has 2 N–H and O–H groups in total. The maximum absolute atomic E-state index is 12.1. The number of rotatable bonds is 5. The smallest absolute Gasteiger partial charge is 0.274 e. The van der Waals surface area contributed by atoms with Crippen LogP contribution >= 0.6 is 12.2 Å². The van der Waals surface area contributed by atoms with Crippen LogP contribution in [0.25, 0.3) is 10.8 Å². The van der Waals surface area contributed by atoms with Crippen molar-refractivity contribution in [1.82, 2.24) is 9.78 Å². The van der Waals surface area contributed by atoms with E-state index >= 15 is 0 Å². The van der Waals surface area contributed by atoms with E-state index in [-0.39, 0.29) is 5.56 Å². The summed E-state index contributed by atoms with van der Waals surface area (Å²) in [7, 11) is 0. The number of benzene rings is 1. The van der Waals surface area contributed by atoms with E-state index in [2.05, 4.69) is 5.10 Å². The first-order valence-electron chi connectivity index (χ1n) is 5.91. The Bertz CT molecular complexity index is 621. The van der Waals surface area contributed by atoms with E-state index in [1.807, 2.05) is 24.3 Å². The lowest BCUT2D eigenvalue weighted by molar-refractivity contribution is 0.541. The normalized spacial score (nSPS) is 10.7. The largest absolute Gasteiger partial charge is 0.393 e. The van der Waals surface area contributed by atoms with E-state index in [1.165, 1.54) is 4.68 Å². The summed E-state index contributed by atoms with van der Waals surface area (Å²) < 4.78 is 1.50. The highest BCUT2D eigenvalue weighted by Crippen LogP contribution is 2.06. The van der Waals surface area contributed by atoms with Crippen LogP contribution in [-0.2, 0) is 6.54 Å². The van der Waals surface area contributed by atoms with Crippen LogP contribution in [0.15, 0.2) is 35.3 Å². The Balaban J connectivity index is 2.12. The summed E-state index contributed by atoms with van der Waals surface area (Å²) in [4.78, 5) is 12.6. The number of unbranched alkanes of at least 4 members (excludes halogenated alkanes) is 1. The highest BCUT2D eigenvalue weighted by atomic mass is 32.1. The van der Waals surface area contributed by atoms with E-state index in [4.69, 9.17) is 18.0 Å². The lowest BCUT2D eigenvalue weighted by Crippen LogP contribution is -2.22. The molecule has 0 aliphatic carbocycles. The van der Waals surface area contributed by atoms with Crippen LogP contribution in [0.1, 0.15) is 19.3 Å². The molecule has 0 fully saturated rings. The number of hydrogen-bond acceptors (Lipinski definition) is 3. The SMILES string of the molecule is NC(=S)CCCCn1ncc2ccccc2c1=O. The topological polar surface area (TPSA) is 60.9 Å². The molecule has 0 spiro atoms. The van der Waals surface area contributed by atoms with Gasteiger partial charge in [0.25, 0.3) is 5.56 Å². The summed E-state index contributed by atoms with van der Waals surface area (Å²) in [5.41, 5.74) is 5.38. The zero-order valence-corrected chi connectivity index (χ0v) is 10.8. The van der Waals surface area contributed by atoms with Gasteiger partial charge in [0.2, 0.25) is 0 Å². The minimum absolute atomic E-state index is 0.0385. The van der Waals surface area contributed by atoms with E-state index in [9.17, 15) is 4.79 Å². The Labute approximate surface area is 110 Å². The van der Waals surface area contributed by atoms with Gasteiger partial charge in [-0.3, -0.25) is 4.79 Å². The van der Waals surface area contributed by atoms with Crippen LogP contribution in [0.3, 0.4) is 0 Å². The molecule has 94 valence electrons. The van der Waals surface area contributed by atoms with Crippen molar-refractivity contribution in [2.24, 2.45) is 5.73 Å². The van der Waals surface area contributed by atoms with E-state index < -0.39 is 0 Å². The molecule has 0 amide bonds. The van der Waals surface area contributed by atoms with Crippen LogP contribution in [0.4, 0.5) is 0 Å². The molecule has 2 aromatic rings. The summed E-state index contributed by atoms with van der Waals surface area (Å²) >= 11 is 4.81. The predicted octanol–water partition coefficient (Wildman–Crippen LogP) is 1.85. The number of nitrogens with zero attached hydrogens (tertiary/aromatic N) is 2. The van der Waals surface area contributed by atoms with Crippen molar-refractivity contribution < 1.29 is 0 Å². The van der Waals surface area contributed by atoms with Gasteiger partial charge in [0.15, 0.2) is 0 Å². The van der Waals surface area contributed by atoms with Gasteiger partial charge in [-0.05, 0) is 25.3 Å². The van der Waals surface area contributed by atoms with Gasteiger partial charge in [0.1, 0.15) is 0 Å². The van der Waals surface area contributed by atoms with E-state index in [0.29, 0.717) is 16.9 Å². The molecular weight excluding hydrogens is 246 g/mol. The fraction of sp³-hybridized carbons (Fsp3) is 0.308. The molecule has 4 nitrogen and oxygen atoms in total. The fourth-order valence-corrected chi connectivity index (χ4v) is 1.99. The molecular formula is C13H15N3OS. The third kappa shape index (κ3) is 2.92. The molecule has 0 bridgehead atoms. The van der Waals surface area contributed by atoms with E-state index in [0.717, 1.165) is 24.6 Å². The lowest BCUT2D eigenvalue weighted by Gasteiger charge is -2.05. The van der Waals surface area contributed by atoms with Gasteiger partial charge in [0.05, 0.1) is 16.6 Å². The average Bonchev–Trinajstić information content (AvgIpc) is 2.37. The molecule has 1 aromatic carbocycles. The predicted molar refractivity (Wildman–Crippen MR) is 76.6 cm³/mol. The average molecular weight is 261 g/mol. The summed E-state index contributed by atoms with van der Waals surface area (Å²) in [6, 6.07) is 7.47. The second-order valence-corrected chi connectivity index (χ2v) is 4.71. The van der Waals surface area contributed by atoms with Gasteiger partial charge in [-0.15, -0.1) is 0 Å². The molecule has 0 aliphatic rings. The summed E-state index contributed by atoms with van der Waals surface area (Å²) in [6.07, 6.45) is 4.18. The Morgan fingerprint density at radius 1 is 1.33 bits per heavy atom. The van der Waals surface area contributed by atoms with Gasteiger partial charge < -0.3 is 5.73 Å².